The summed E-state index contributed by atoms with van der Waals surface area (Å²) < 4.78 is 13.3. The second kappa shape index (κ2) is 6.72. The summed E-state index contributed by atoms with van der Waals surface area (Å²) >= 11 is 0. The van der Waals surface area contributed by atoms with Crippen LogP contribution in [0.3, 0.4) is 0 Å². The maximum atomic E-state index is 13.3. The maximum absolute atomic E-state index is 13.3. The lowest BCUT2D eigenvalue weighted by Crippen LogP contribution is -2.36. The monoisotopic (exact) mass is 268 g/mol. The highest BCUT2D eigenvalue weighted by atomic mass is 19.1. The lowest BCUT2D eigenvalue weighted by atomic mass is 10.2. The van der Waals surface area contributed by atoms with E-state index in [2.05, 4.69) is 5.32 Å². The summed E-state index contributed by atoms with van der Waals surface area (Å²) in [5, 5.41) is 11.1. The van der Waals surface area contributed by atoms with Crippen molar-refractivity contribution in [3.63, 3.8) is 0 Å². The Morgan fingerprint density at radius 3 is 2.63 bits per heavy atom. The van der Waals surface area contributed by atoms with Crippen LogP contribution in [-0.4, -0.2) is 35.1 Å². The first-order chi connectivity index (χ1) is 8.93. The summed E-state index contributed by atoms with van der Waals surface area (Å²) in [6, 6.07) is 3.96. The van der Waals surface area contributed by atoms with Gasteiger partial charge in [0.2, 0.25) is 0 Å². The molecule has 1 aromatic rings. The number of carbonyl (C=O) groups excluding carboxylic acids is 1. The molecule has 0 atom stereocenters. The molecule has 0 bridgehead atoms. The van der Waals surface area contributed by atoms with Gasteiger partial charge in [0.1, 0.15) is 5.82 Å². The summed E-state index contributed by atoms with van der Waals surface area (Å²) in [5.74, 6) is -1.36. The van der Waals surface area contributed by atoms with Crippen LogP contribution < -0.4 is 5.32 Å². The van der Waals surface area contributed by atoms with Gasteiger partial charge in [-0.25, -0.2) is 9.18 Å². The van der Waals surface area contributed by atoms with Gasteiger partial charge in [0.15, 0.2) is 0 Å². The fourth-order valence-electron chi connectivity index (χ4n) is 1.51. The van der Waals surface area contributed by atoms with E-state index in [1.165, 1.54) is 11.0 Å². The molecule has 2 amide bonds. The van der Waals surface area contributed by atoms with Crippen LogP contribution in [0.25, 0.3) is 0 Å². The number of nitrogens with one attached hydrogen (secondary N) is 1. The number of rotatable bonds is 5. The van der Waals surface area contributed by atoms with Crippen molar-refractivity contribution >= 4 is 17.7 Å². The number of carbonyl (C=O) groups is 2. The van der Waals surface area contributed by atoms with Gasteiger partial charge in [0.25, 0.3) is 0 Å². The molecule has 0 radical (unpaired) electrons. The molecule has 1 rings (SSSR count). The van der Waals surface area contributed by atoms with E-state index in [4.69, 9.17) is 5.11 Å². The van der Waals surface area contributed by atoms with E-state index in [0.29, 0.717) is 17.8 Å². The molecule has 0 aliphatic rings. The molecule has 0 saturated carbocycles. The quantitative estimate of drug-likeness (QED) is 0.861. The highest BCUT2D eigenvalue weighted by molar-refractivity contribution is 5.89. The van der Waals surface area contributed by atoms with E-state index in [1.54, 1.807) is 26.0 Å². The Balaban J connectivity index is 2.65. The summed E-state index contributed by atoms with van der Waals surface area (Å²) in [6.45, 7) is 3.88. The summed E-state index contributed by atoms with van der Waals surface area (Å²) in [6.07, 6.45) is -0.122. The third kappa shape index (κ3) is 4.57. The standard InChI is InChI=1S/C13H17FN2O3/c1-3-16(7-6-12(17)18)13(19)15-10-5-4-9(2)11(14)8-10/h4-5,8H,3,6-7H2,1-2H3,(H,15,19)(H,17,18). The minimum Gasteiger partial charge on any atom is -0.481 e. The minimum absolute atomic E-state index is 0.117. The van der Waals surface area contributed by atoms with Crippen molar-refractivity contribution < 1.29 is 19.1 Å². The van der Waals surface area contributed by atoms with Crippen LogP contribution in [0.1, 0.15) is 18.9 Å². The van der Waals surface area contributed by atoms with Gasteiger partial charge in [0.05, 0.1) is 6.42 Å². The van der Waals surface area contributed by atoms with Crippen LogP contribution in [0.2, 0.25) is 0 Å². The Labute approximate surface area is 111 Å². The number of hydrogen-bond donors (Lipinski definition) is 2. The van der Waals surface area contributed by atoms with E-state index in [0.717, 1.165) is 0 Å². The normalized spacial score (nSPS) is 10.1. The number of halogens is 1. The molecule has 0 aromatic heterocycles. The fourth-order valence-corrected chi connectivity index (χ4v) is 1.51. The molecule has 0 unspecified atom stereocenters. The van der Waals surface area contributed by atoms with Crippen LogP contribution in [0.5, 0.6) is 0 Å². The van der Waals surface area contributed by atoms with Crippen molar-refractivity contribution in [3.05, 3.63) is 29.6 Å². The number of urea groups is 1. The van der Waals surface area contributed by atoms with E-state index in [-0.39, 0.29) is 13.0 Å². The molecule has 0 spiro atoms. The predicted octanol–water partition coefficient (Wildman–Crippen LogP) is 2.46. The Morgan fingerprint density at radius 1 is 1.42 bits per heavy atom. The van der Waals surface area contributed by atoms with E-state index < -0.39 is 17.8 Å². The molecule has 0 heterocycles. The molecule has 0 aliphatic carbocycles. The van der Waals surface area contributed by atoms with Gasteiger partial charge in [0, 0.05) is 18.8 Å². The molecule has 6 heteroatoms. The van der Waals surface area contributed by atoms with E-state index in [9.17, 15) is 14.0 Å². The summed E-state index contributed by atoms with van der Waals surface area (Å²) in [7, 11) is 0. The average molecular weight is 268 g/mol. The van der Waals surface area contributed by atoms with Crippen LogP contribution in [0.15, 0.2) is 18.2 Å². The number of anilines is 1. The highest BCUT2D eigenvalue weighted by Gasteiger charge is 2.13. The number of nitrogens with zero attached hydrogens (tertiary/aromatic N) is 1. The smallest absolute Gasteiger partial charge is 0.321 e. The number of aryl methyl sites for hydroxylation is 1. The molecule has 19 heavy (non-hydrogen) atoms. The van der Waals surface area contributed by atoms with Crippen molar-refractivity contribution in [2.75, 3.05) is 18.4 Å². The van der Waals surface area contributed by atoms with Crippen LogP contribution in [0, 0.1) is 12.7 Å². The number of benzene rings is 1. The third-order valence-corrected chi connectivity index (χ3v) is 2.69. The number of aliphatic carboxylic acids is 1. The molecule has 2 N–H and O–H groups in total. The fraction of sp³-hybridized carbons (Fsp3) is 0.385. The summed E-state index contributed by atoms with van der Waals surface area (Å²) in [5.41, 5.74) is 0.845. The van der Waals surface area contributed by atoms with Gasteiger partial charge in [-0.2, -0.15) is 0 Å². The topological polar surface area (TPSA) is 69.6 Å². The highest BCUT2D eigenvalue weighted by Crippen LogP contribution is 2.14. The zero-order valence-corrected chi connectivity index (χ0v) is 10.9. The number of carboxylic acids is 1. The molecule has 5 nitrogen and oxygen atoms in total. The zero-order chi connectivity index (χ0) is 14.4. The first kappa shape index (κ1) is 14.9. The van der Waals surface area contributed by atoms with Gasteiger partial charge in [-0.3, -0.25) is 4.79 Å². The Morgan fingerprint density at radius 2 is 2.11 bits per heavy atom. The van der Waals surface area contributed by atoms with Gasteiger partial charge >= 0.3 is 12.0 Å². The second-order valence-corrected chi connectivity index (χ2v) is 4.12. The molecule has 0 saturated heterocycles. The van der Waals surface area contributed by atoms with Crippen molar-refractivity contribution in [2.24, 2.45) is 0 Å². The number of hydrogen-bond acceptors (Lipinski definition) is 2. The van der Waals surface area contributed by atoms with Crippen molar-refractivity contribution in [1.29, 1.82) is 0 Å². The van der Waals surface area contributed by atoms with Crippen LogP contribution in [0.4, 0.5) is 14.9 Å². The van der Waals surface area contributed by atoms with Gasteiger partial charge in [-0.1, -0.05) is 6.07 Å². The van der Waals surface area contributed by atoms with Crippen molar-refractivity contribution in [3.8, 4) is 0 Å². The molecule has 0 fully saturated rings. The Bertz CT molecular complexity index is 477. The average Bonchev–Trinajstić information content (AvgIpc) is 2.34. The largest absolute Gasteiger partial charge is 0.481 e. The molecular formula is C13H17FN2O3. The van der Waals surface area contributed by atoms with Gasteiger partial charge in [-0.05, 0) is 31.5 Å². The second-order valence-electron chi connectivity index (χ2n) is 4.12. The zero-order valence-electron chi connectivity index (χ0n) is 10.9. The molecule has 0 aliphatic heterocycles. The number of amides is 2. The lowest BCUT2D eigenvalue weighted by Gasteiger charge is -2.20. The molecule has 104 valence electrons. The SMILES string of the molecule is CCN(CCC(=O)O)C(=O)Nc1ccc(C)c(F)c1. The van der Waals surface area contributed by atoms with Crippen molar-refractivity contribution in [1.82, 2.24) is 4.90 Å². The van der Waals surface area contributed by atoms with E-state index in [1.807, 2.05) is 0 Å². The predicted molar refractivity (Wildman–Crippen MR) is 69.7 cm³/mol. The third-order valence-electron chi connectivity index (χ3n) is 2.69. The number of carboxylic acid groups (broad SMARTS) is 1. The van der Waals surface area contributed by atoms with Crippen LogP contribution >= 0.6 is 0 Å². The Hall–Kier alpha value is -2.11. The lowest BCUT2D eigenvalue weighted by molar-refractivity contribution is -0.137. The van der Waals surface area contributed by atoms with Crippen molar-refractivity contribution in [2.45, 2.75) is 20.3 Å². The Kier molecular flexibility index (Phi) is 5.29. The van der Waals surface area contributed by atoms with Gasteiger partial charge < -0.3 is 15.3 Å². The first-order valence-corrected chi connectivity index (χ1v) is 5.98. The van der Waals surface area contributed by atoms with Crippen LogP contribution in [-0.2, 0) is 4.79 Å². The molecule has 1 aromatic carbocycles. The molecular weight excluding hydrogens is 251 g/mol. The van der Waals surface area contributed by atoms with Gasteiger partial charge in [-0.15, -0.1) is 0 Å². The minimum atomic E-state index is -0.965. The van der Waals surface area contributed by atoms with E-state index >= 15 is 0 Å². The maximum Gasteiger partial charge on any atom is 0.321 e. The summed E-state index contributed by atoms with van der Waals surface area (Å²) in [4.78, 5) is 23.7. The first-order valence-electron chi connectivity index (χ1n) is 5.98.